The monoisotopic (exact) mass is 407 g/mol. The minimum absolute atomic E-state index is 0.00790. The lowest BCUT2D eigenvalue weighted by molar-refractivity contribution is 0.601. The zero-order chi connectivity index (χ0) is 20.4. The van der Waals surface area contributed by atoms with E-state index < -0.39 is 15.8 Å². The quantitative estimate of drug-likeness (QED) is 0.517. The Morgan fingerprint density at radius 3 is 2.24 bits per heavy atom. The molecule has 3 aromatic carbocycles. The Morgan fingerprint density at radius 2 is 1.59 bits per heavy atom. The van der Waals surface area contributed by atoms with Gasteiger partial charge in [0.2, 0.25) is 0 Å². The molecule has 29 heavy (non-hydrogen) atoms. The van der Waals surface area contributed by atoms with Crippen LogP contribution in [0.4, 0.5) is 10.1 Å². The van der Waals surface area contributed by atoms with Crippen molar-refractivity contribution < 1.29 is 12.8 Å². The lowest BCUT2D eigenvalue weighted by atomic mass is 10.2. The van der Waals surface area contributed by atoms with Crippen molar-refractivity contribution in [2.24, 2.45) is 0 Å². The van der Waals surface area contributed by atoms with Gasteiger partial charge in [0.15, 0.2) is 0 Å². The summed E-state index contributed by atoms with van der Waals surface area (Å²) in [7, 11) is -4.01. The molecule has 0 aliphatic heterocycles. The van der Waals surface area contributed by atoms with Gasteiger partial charge in [-0.05, 0) is 36.8 Å². The Bertz CT molecular complexity index is 1250. The van der Waals surface area contributed by atoms with Crippen LogP contribution in [0.3, 0.4) is 0 Å². The molecule has 1 aromatic heterocycles. The number of nitrogens with zero attached hydrogens (tertiary/aromatic N) is 2. The Hall–Kier alpha value is -3.45. The molecule has 0 amide bonds. The van der Waals surface area contributed by atoms with Crippen LogP contribution in [0.25, 0.3) is 16.9 Å². The lowest BCUT2D eigenvalue weighted by Crippen LogP contribution is -2.13. The van der Waals surface area contributed by atoms with Gasteiger partial charge in [-0.25, -0.2) is 17.5 Å². The van der Waals surface area contributed by atoms with E-state index in [1.807, 2.05) is 48.5 Å². The highest BCUT2D eigenvalue weighted by Crippen LogP contribution is 2.29. The van der Waals surface area contributed by atoms with Gasteiger partial charge in [-0.15, -0.1) is 0 Å². The Balaban J connectivity index is 1.82. The van der Waals surface area contributed by atoms with E-state index in [4.69, 9.17) is 0 Å². The first-order valence-electron chi connectivity index (χ1n) is 8.93. The van der Waals surface area contributed by atoms with Crippen molar-refractivity contribution >= 4 is 15.7 Å². The summed E-state index contributed by atoms with van der Waals surface area (Å²) in [6.07, 6.45) is 1.46. The number of sulfonamides is 1. The maximum absolute atomic E-state index is 13.9. The molecule has 0 fully saturated rings. The van der Waals surface area contributed by atoms with Gasteiger partial charge in [-0.3, -0.25) is 4.72 Å². The Morgan fingerprint density at radius 1 is 0.931 bits per heavy atom. The molecular formula is C22H18FN3O2S. The average molecular weight is 407 g/mol. The molecule has 0 bridgehead atoms. The van der Waals surface area contributed by atoms with Gasteiger partial charge in [-0.2, -0.15) is 5.10 Å². The molecule has 1 heterocycles. The van der Waals surface area contributed by atoms with Gasteiger partial charge in [-0.1, -0.05) is 54.6 Å². The first kappa shape index (κ1) is 18.9. The van der Waals surface area contributed by atoms with E-state index in [1.165, 1.54) is 23.0 Å². The van der Waals surface area contributed by atoms with Crippen molar-refractivity contribution in [3.63, 3.8) is 0 Å². The summed E-state index contributed by atoms with van der Waals surface area (Å²) in [5, 5.41) is 4.51. The second-order valence-electron chi connectivity index (χ2n) is 6.56. The normalized spacial score (nSPS) is 11.4. The zero-order valence-corrected chi connectivity index (χ0v) is 16.4. The van der Waals surface area contributed by atoms with Gasteiger partial charge in [0, 0.05) is 5.56 Å². The van der Waals surface area contributed by atoms with Crippen LogP contribution >= 0.6 is 0 Å². The molecule has 0 saturated heterocycles. The maximum atomic E-state index is 13.9. The number of aromatic nitrogens is 2. The third-order valence-electron chi connectivity index (χ3n) is 4.46. The van der Waals surface area contributed by atoms with Crippen LogP contribution in [0, 0.1) is 12.7 Å². The summed E-state index contributed by atoms with van der Waals surface area (Å²) in [5.74, 6) is -0.478. The van der Waals surface area contributed by atoms with Crippen molar-refractivity contribution in [1.82, 2.24) is 9.78 Å². The van der Waals surface area contributed by atoms with Gasteiger partial charge in [0.05, 0.1) is 17.6 Å². The third-order valence-corrected chi connectivity index (χ3v) is 5.84. The molecule has 0 unspecified atom stereocenters. The molecule has 4 rings (SSSR count). The average Bonchev–Trinajstić information content (AvgIpc) is 3.19. The summed E-state index contributed by atoms with van der Waals surface area (Å²) in [4.78, 5) is 0.00790. The maximum Gasteiger partial charge on any atom is 0.265 e. The molecule has 0 aliphatic rings. The molecule has 0 atom stereocenters. The van der Waals surface area contributed by atoms with Crippen LogP contribution in [-0.4, -0.2) is 18.2 Å². The molecule has 146 valence electrons. The van der Waals surface area contributed by atoms with Crippen LogP contribution < -0.4 is 4.72 Å². The van der Waals surface area contributed by atoms with E-state index in [0.717, 1.165) is 11.8 Å². The van der Waals surface area contributed by atoms with Gasteiger partial charge in [0.1, 0.15) is 16.4 Å². The lowest BCUT2D eigenvalue weighted by Gasteiger charge is -2.09. The summed E-state index contributed by atoms with van der Waals surface area (Å²) in [5.41, 5.74) is 2.30. The summed E-state index contributed by atoms with van der Waals surface area (Å²) in [6, 6.07) is 22.5. The van der Waals surface area contributed by atoms with Crippen molar-refractivity contribution in [1.29, 1.82) is 0 Å². The van der Waals surface area contributed by atoms with Crippen LogP contribution in [0.2, 0.25) is 0 Å². The van der Waals surface area contributed by atoms with E-state index in [9.17, 15) is 12.8 Å². The number of rotatable bonds is 5. The first-order chi connectivity index (χ1) is 13.9. The number of benzene rings is 3. The molecule has 0 saturated carbocycles. The zero-order valence-electron chi connectivity index (χ0n) is 15.6. The van der Waals surface area contributed by atoms with Gasteiger partial charge >= 0.3 is 0 Å². The molecule has 1 N–H and O–H groups in total. The number of hydrogen-bond acceptors (Lipinski definition) is 3. The van der Waals surface area contributed by atoms with Crippen molar-refractivity contribution in [2.75, 3.05) is 4.72 Å². The second kappa shape index (κ2) is 7.52. The molecule has 5 nitrogen and oxygen atoms in total. The number of para-hydroxylation sites is 1. The third kappa shape index (κ3) is 3.90. The van der Waals surface area contributed by atoms with Crippen LogP contribution in [0.15, 0.2) is 90.0 Å². The molecule has 7 heteroatoms. The number of hydrogen-bond donors (Lipinski definition) is 1. The summed E-state index contributed by atoms with van der Waals surface area (Å²) < 4.78 is 44.2. The fraction of sp³-hybridized carbons (Fsp3) is 0.0455. The van der Waals surface area contributed by atoms with Crippen molar-refractivity contribution in [3.05, 3.63) is 96.4 Å². The fourth-order valence-corrected chi connectivity index (χ4v) is 4.13. The Kier molecular flexibility index (Phi) is 4.90. The summed E-state index contributed by atoms with van der Waals surface area (Å²) in [6.45, 7) is 1.62. The van der Waals surface area contributed by atoms with E-state index >= 15 is 0 Å². The van der Waals surface area contributed by atoms with Gasteiger partial charge in [0.25, 0.3) is 10.0 Å². The predicted molar refractivity (Wildman–Crippen MR) is 111 cm³/mol. The summed E-state index contributed by atoms with van der Waals surface area (Å²) >= 11 is 0. The highest BCUT2D eigenvalue weighted by Gasteiger charge is 2.24. The van der Waals surface area contributed by atoms with Crippen LogP contribution in [0.5, 0.6) is 0 Å². The molecule has 0 spiro atoms. The molecule has 4 aromatic rings. The van der Waals surface area contributed by atoms with E-state index in [2.05, 4.69) is 9.82 Å². The van der Waals surface area contributed by atoms with Crippen molar-refractivity contribution in [2.45, 2.75) is 11.8 Å². The fourth-order valence-electron chi connectivity index (χ4n) is 2.93. The minimum atomic E-state index is -4.01. The standard InChI is InChI=1S/C22H18FN3O2S/c1-16-12-13-18(14-20(16)23)25-29(27,28)21-15-26(19-10-6-3-7-11-19)24-22(21)17-8-4-2-5-9-17/h2-15,25H,1H3. The predicted octanol–water partition coefficient (Wildman–Crippen LogP) is 4.79. The smallest absolute Gasteiger partial charge is 0.265 e. The minimum Gasteiger partial charge on any atom is -0.279 e. The van der Waals surface area contributed by atoms with E-state index in [0.29, 0.717) is 16.8 Å². The van der Waals surface area contributed by atoms with Crippen molar-refractivity contribution in [3.8, 4) is 16.9 Å². The van der Waals surface area contributed by atoms with E-state index in [1.54, 1.807) is 19.1 Å². The van der Waals surface area contributed by atoms with Gasteiger partial charge < -0.3 is 0 Å². The number of halogens is 1. The largest absolute Gasteiger partial charge is 0.279 e. The highest BCUT2D eigenvalue weighted by atomic mass is 32.2. The van der Waals surface area contributed by atoms with E-state index in [-0.39, 0.29) is 10.6 Å². The van der Waals surface area contributed by atoms with Crippen LogP contribution in [0.1, 0.15) is 5.56 Å². The number of aryl methyl sites for hydroxylation is 1. The Labute approximate surface area is 168 Å². The molecule has 0 aliphatic carbocycles. The molecular weight excluding hydrogens is 389 g/mol. The number of anilines is 1. The topological polar surface area (TPSA) is 64.0 Å². The molecule has 0 radical (unpaired) electrons. The van der Waals surface area contributed by atoms with Crippen LogP contribution in [-0.2, 0) is 10.0 Å². The first-order valence-corrected chi connectivity index (χ1v) is 10.4. The SMILES string of the molecule is Cc1ccc(NS(=O)(=O)c2cn(-c3ccccc3)nc2-c2ccccc2)cc1F. The highest BCUT2D eigenvalue weighted by molar-refractivity contribution is 7.92. The number of nitrogens with one attached hydrogen (secondary N) is 1. The second-order valence-corrected chi connectivity index (χ2v) is 8.21.